The predicted octanol–water partition coefficient (Wildman–Crippen LogP) is -1.09. The third-order valence-electron chi connectivity index (χ3n) is 1.64. The maximum atomic E-state index is 11.2. The van der Waals surface area contributed by atoms with Gasteiger partial charge in [-0.1, -0.05) is 5.16 Å². The molecule has 15 heavy (non-hydrogen) atoms. The average Bonchev–Trinajstić information content (AvgIpc) is 2.67. The molecule has 0 saturated carbocycles. The van der Waals surface area contributed by atoms with E-state index in [9.17, 15) is 8.42 Å². The lowest BCUT2D eigenvalue weighted by atomic mass is 10.4. The van der Waals surface area contributed by atoms with Gasteiger partial charge in [0.05, 0.1) is 5.75 Å². The summed E-state index contributed by atoms with van der Waals surface area (Å²) >= 11 is 0. The number of aliphatic hydroxyl groups excluding tert-OH is 1. The van der Waals surface area contributed by atoms with Crippen molar-refractivity contribution in [3.63, 3.8) is 0 Å². The van der Waals surface area contributed by atoms with Crippen molar-refractivity contribution in [2.45, 2.75) is 12.8 Å². The van der Waals surface area contributed by atoms with Gasteiger partial charge in [0.15, 0.2) is 6.33 Å². The molecule has 2 N–H and O–H groups in total. The van der Waals surface area contributed by atoms with E-state index in [0.29, 0.717) is 12.3 Å². The number of nitrogens with one attached hydrogen (secondary N) is 1. The summed E-state index contributed by atoms with van der Waals surface area (Å²) in [4.78, 5) is 3.75. The fourth-order valence-electron chi connectivity index (χ4n) is 0.946. The van der Waals surface area contributed by atoms with Crippen LogP contribution >= 0.6 is 0 Å². The average molecular weight is 235 g/mol. The van der Waals surface area contributed by atoms with Crippen LogP contribution in [0.1, 0.15) is 12.3 Å². The van der Waals surface area contributed by atoms with Gasteiger partial charge in [-0.3, -0.25) is 0 Å². The summed E-state index contributed by atoms with van der Waals surface area (Å²) in [7, 11) is -3.30. The summed E-state index contributed by atoms with van der Waals surface area (Å²) in [6.07, 6.45) is 1.85. The van der Waals surface area contributed by atoms with E-state index in [2.05, 4.69) is 14.9 Å². The lowest BCUT2D eigenvalue weighted by Gasteiger charge is -2.03. The SMILES string of the molecule is O=S(=O)(CCCO)NCCc1ncno1. The Hall–Kier alpha value is -0.990. The summed E-state index contributed by atoms with van der Waals surface area (Å²) in [6, 6.07) is 0. The minimum absolute atomic E-state index is 0.0761. The van der Waals surface area contributed by atoms with Crippen molar-refractivity contribution in [1.82, 2.24) is 14.9 Å². The molecule has 7 nitrogen and oxygen atoms in total. The molecule has 1 aromatic heterocycles. The van der Waals surface area contributed by atoms with Gasteiger partial charge in [-0.25, -0.2) is 13.1 Å². The van der Waals surface area contributed by atoms with Gasteiger partial charge < -0.3 is 9.63 Å². The third-order valence-corrected chi connectivity index (χ3v) is 3.11. The van der Waals surface area contributed by atoms with Crippen LogP contribution in [0, 0.1) is 0 Å². The van der Waals surface area contributed by atoms with Crippen LogP contribution < -0.4 is 4.72 Å². The highest BCUT2D eigenvalue weighted by atomic mass is 32.2. The van der Waals surface area contributed by atoms with Crippen LogP contribution in [-0.2, 0) is 16.4 Å². The molecule has 0 saturated heterocycles. The Kier molecular flexibility index (Phi) is 4.66. The number of hydrogen-bond donors (Lipinski definition) is 2. The molecule has 0 aliphatic heterocycles. The monoisotopic (exact) mass is 235 g/mol. The molecule has 1 heterocycles. The van der Waals surface area contributed by atoms with E-state index >= 15 is 0 Å². The Bertz CT molecular complexity index is 362. The molecule has 8 heteroatoms. The second-order valence-corrected chi connectivity index (χ2v) is 4.80. The van der Waals surface area contributed by atoms with Crippen LogP contribution in [0.5, 0.6) is 0 Å². The van der Waals surface area contributed by atoms with Crippen molar-refractivity contribution >= 4 is 10.0 Å². The summed E-state index contributed by atoms with van der Waals surface area (Å²) < 4.78 is 29.5. The molecule has 0 spiro atoms. The van der Waals surface area contributed by atoms with Crippen molar-refractivity contribution in [3.05, 3.63) is 12.2 Å². The molecule has 1 rings (SSSR count). The maximum absolute atomic E-state index is 11.2. The normalized spacial score (nSPS) is 11.8. The first-order chi connectivity index (χ1) is 7.14. The Labute approximate surface area is 87.5 Å². The molecular weight excluding hydrogens is 222 g/mol. The summed E-state index contributed by atoms with van der Waals surface area (Å²) in [5, 5.41) is 11.9. The van der Waals surface area contributed by atoms with E-state index in [0.717, 1.165) is 0 Å². The topological polar surface area (TPSA) is 105 Å². The Morgan fingerprint density at radius 2 is 2.33 bits per heavy atom. The Morgan fingerprint density at radius 1 is 1.53 bits per heavy atom. The van der Waals surface area contributed by atoms with E-state index in [1.165, 1.54) is 6.33 Å². The first-order valence-corrected chi connectivity index (χ1v) is 6.13. The predicted molar refractivity (Wildman–Crippen MR) is 51.5 cm³/mol. The smallest absolute Gasteiger partial charge is 0.227 e. The number of sulfonamides is 1. The number of aliphatic hydroxyl groups is 1. The van der Waals surface area contributed by atoms with Gasteiger partial charge in [0.25, 0.3) is 0 Å². The van der Waals surface area contributed by atoms with Gasteiger partial charge in [0, 0.05) is 19.6 Å². The first-order valence-electron chi connectivity index (χ1n) is 4.48. The number of nitrogens with zero attached hydrogens (tertiary/aromatic N) is 2. The van der Waals surface area contributed by atoms with E-state index in [-0.39, 0.29) is 25.3 Å². The van der Waals surface area contributed by atoms with Crippen LogP contribution in [0.4, 0.5) is 0 Å². The lowest BCUT2D eigenvalue weighted by molar-refractivity contribution is 0.295. The van der Waals surface area contributed by atoms with Crippen molar-refractivity contribution in [2.24, 2.45) is 0 Å². The molecule has 1 aromatic rings. The van der Waals surface area contributed by atoms with Crippen molar-refractivity contribution in [1.29, 1.82) is 0 Å². The number of aromatic nitrogens is 2. The van der Waals surface area contributed by atoms with Gasteiger partial charge in [0.2, 0.25) is 15.9 Å². The summed E-state index contributed by atoms with van der Waals surface area (Å²) in [6.45, 7) is 0.0839. The zero-order valence-electron chi connectivity index (χ0n) is 8.09. The van der Waals surface area contributed by atoms with Crippen LogP contribution in [0.2, 0.25) is 0 Å². The van der Waals surface area contributed by atoms with E-state index in [4.69, 9.17) is 9.63 Å². The third kappa shape index (κ3) is 4.86. The van der Waals surface area contributed by atoms with Crippen LogP contribution in [0.3, 0.4) is 0 Å². The molecule has 0 bridgehead atoms. The highest BCUT2D eigenvalue weighted by Crippen LogP contribution is 1.93. The fourth-order valence-corrected chi connectivity index (χ4v) is 2.01. The molecule has 0 aliphatic rings. The summed E-state index contributed by atoms with van der Waals surface area (Å²) in [5.74, 6) is 0.313. The van der Waals surface area contributed by atoms with Gasteiger partial charge in [0.1, 0.15) is 0 Å². The molecule has 86 valence electrons. The van der Waals surface area contributed by atoms with E-state index in [1.54, 1.807) is 0 Å². The van der Waals surface area contributed by atoms with Crippen molar-refractivity contribution < 1.29 is 18.0 Å². The van der Waals surface area contributed by atoms with Gasteiger partial charge in [-0.2, -0.15) is 4.98 Å². The Balaban J connectivity index is 2.24. The van der Waals surface area contributed by atoms with Gasteiger partial charge >= 0.3 is 0 Å². The molecule has 0 aromatic carbocycles. The zero-order chi connectivity index (χ0) is 11.1. The second kappa shape index (κ2) is 5.79. The van der Waals surface area contributed by atoms with Gasteiger partial charge in [-0.05, 0) is 6.42 Å². The van der Waals surface area contributed by atoms with Crippen LogP contribution in [0.25, 0.3) is 0 Å². The zero-order valence-corrected chi connectivity index (χ0v) is 8.90. The maximum Gasteiger partial charge on any atom is 0.227 e. The molecule has 0 fully saturated rings. The molecule has 0 unspecified atom stereocenters. The Morgan fingerprint density at radius 3 is 2.93 bits per heavy atom. The quantitative estimate of drug-likeness (QED) is 0.622. The fraction of sp³-hybridized carbons (Fsp3) is 0.714. The van der Waals surface area contributed by atoms with Crippen LogP contribution in [0.15, 0.2) is 10.9 Å². The second-order valence-electron chi connectivity index (χ2n) is 2.88. The van der Waals surface area contributed by atoms with Crippen molar-refractivity contribution in [3.8, 4) is 0 Å². The van der Waals surface area contributed by atoms with Gasteiger partial charge in [-0.15, -0.1) is 0 Å². The lowest BCUT2D eigenvalue weighted by Crippen LogP contribution is -2.28. The van der Waals surface area contributed by atoms with Crippen LogP contribution in [-0.4, -0.2) is 42.6 Å². The highest BCUT2D eigenvalue weighted by molar-refractivity contribution is 7.89. The van der Waals surface area contributed by atoms with E-state index < -0.39 is 10.0 Å². The first kappa shape index (κ1) is 12.1. The molecule has 0 amide bonds. The largest absolute Gasteiger partial charge is 0.396 e. The minimum Gasteiger partial charge on any atom is -0.396 e. The summed E-state index contributed by atoms with van der Waals surface area (Å²) in [5.41, 5.74) is 0. The minimum atomic E-state index is -3.30. The molecule has 0 aliphatic carbocycles. The van der Waals surface area contributed by atoms with Crippen molar-refractivity contribution in [2.75, 3.05) is 18.9 Å². The molecule has 0 radical (unpaired) electrons. The van der Waals surface area contributed by atoms with E-state index in [1.807, 2.05) is 0 Å². The standard InChI is InChI=1S/C7H13N3O4S/c11-4-1-5-15(12,13)10-3-2-7-8-6-9-14-7/h6,10-11H,1-5H2. The molecular formula is C7H13N3O4S. The number of rotatable bonds is 7. The molecule has 0 atom stereocenters. The highest BCUT2D eigenvalue weighted by Gasteiger charge is 2.09. The number of hydrogen-bond acceptors (Lipinski definition) is 6.